The second kappa shape index (κ2) is 6.39. The smallest absolute Gasteiger partial charge is 0.0942 e. The molecule has 0 bridgehead atoms. The summed E-state index contributed by atoms with van der Waals surface area (Å²) in [5.74, 6) is 0. The van der Waals surface area contributed by atoms with Crippen LogP contribution >= 0.6 is 11.6 Å². The Bertz CT molecular complexity index is 319. The van der Waals surface area contributed by atoms with E-state index < -0.39 is 6.10 Å². The van der Waals surface area contributed by atoms with Crippen LogP contribution in [0.2, 0.25) is 0 Å². The van der Waals surface area contributed by atoms with Gasteiger partial charge in [0, 0.05) is 0 Å². The Morgan fingerprint density at radius 1 is 1.24 bits per heavy atom. The average molecular weight is 257 g/mol. The summed E-state index contributed by atoms with van der Waals surface area (Å²) >= 11 is 6.16. The molecule has 0 spiro atoms. The summed E-state index contributed by atoms with van der Waals surface area (Å²) < 4.78 is 5.46. The van der Waals surface area contributed by atoms with Crippen molar-refractivity contribution in [1.29, 1.82) is 0 Å². The SMILES string of the molecule is CC(C)(C)[C@H](Cl)[C@H](O)COCc1ccccc1. The van der Waals surface area contributed by atoms with Gasteiger partial charge >= 0.3 is 0 Å². The van der Waals surface area contributed by atoms with Gasteiger partial charge < -0.3 is 9.84 Å². The maximum Gasteiger partial charge on any atom is 0.0942 e. The molecule has 0 aliphatic carbocycles. The highest BCUT2D eigenvalue weighted by molar-refractivity contribution is 6.21. The van der Waals surface area contributed by atoms with Crippen LogP contribution in [0.25, 0.3) is 0 Å². The Labute approximate surface area is 109 Å². The van der Waals surface area contributed by atoms with Crippen molar-refractivity contribution in [3.63, 3.8) is 0 Å². The van der Waals surface area contributed by atoms with Gasteiger partial charge in [-0.2, -0.15) is 0 Å². The number of ether oxygens (including phenoxy) is 1. The summed E-state index contributed by atoms with van der Waals surface area (Å²) in [6.07, 6.45) is -0.639. The van der Waals surface area contributed by atoms with Gasteiger partial charge in [0.2, 0.25) is 0 Å². The monoisotopic (exact) mass is 256 g/mol. The number of aliphatic hydroxyl groups excluding tert-OH is 1. The molecule has 1 aromatic carbocycles. The van der Waals surface area contributed by atoms with Crippen LogP contribution in [0.15, 0.2) is 30.3 Å². The van der Waals surface area contributed by atoms with Crippen LogP contribution in [0, 0.1) is 5.41 Å². The molecule has 0 unspecified atom stereocenters. The van der Waals surface area contributed by atoms with Crippen LogP contribution in [0.4, 0.5) is 0 Å². The molecule has 0 aromatic heterocycles. The largest absolute Gasteiger partial charge is 0.389 e. The number of hydrogen-bond acceptors (Lipinski definition) is 2. The minimum absolute atomic E-state index is 0.128. The van der Waals surface area contributed by atoms with E-state index in [9.17, 15) is 5.11 Å². The van der Waals surface area contributed by atoms with Crippen LogP contribution in [0.5, 0.6) is 0 Å². The molecule has 0 heterocycles. The summed E-state index contributed by atoms with van der Waals surface area (Å²) in [6.45, 7) is 6.78. The molecule has 2 atom stereocenters. The lowest BCUT2D eigenvalue weighted by atomic mass is 9.89. The zero-order valence-electron chi connectivity index (χ0n) is 10.7. The summed E-state index contributed by atoms with van der Waals surface area (Å²) in [6, 6.07) is 9.89. The molecule has 0 saturated heterocycles. The molecule has 2 nitrogen and oxygen atoms in total. The van der Waals surface area contributed by atoms with Gasteiger partial charge in [-0.05, 0) is 11.0 Å². The van der Waals surface area contributed by atoms with E-state index in [-0.39, 0.29) is 17.4 Å². The minimum atomic E-state index is -0.639. The van der Waals surface area contributed by atoms with Crippen molar-refractivity contribution < 1.29 is 9.84 Å². The first-order valence-corrected chi connectivity index (χ1v) is 6.28. The second-order valence-electron chi connectivity index (χ2n) is 5.34. The van der Waals surface area contributed by atoms with Crippen LogP contribution < -0.4 is 0 Å². The molecule has 96 valence electrons. The van der Waals surface area contributed by atoms with Gasteiger partial charge in [-0.3, -0.25) is 0 Å². The van der Waals surface area contributed by atoms with Gasteiger partial charge in [-0.1, -0.05) is 51.1 Å². The van der Waals surface area contributed by atoms with Gasteiger partial charge in [0.15, 0.2) is 0 Å². The number of hydrogen-bond donors (Lipinski definition) is 1. The highest BCUT2D eigenvalue weighted by Crippen LogP contribution is 2.27. The zero-order chi connectivity index (χ0) is 12.9. The first kappa shape index (κ1) is 14.5. The molecule has 0 radical (unpaired) electrons. The molecule has 0 amide bonds. The summed E-state index contributed by atoms with van der Waals surface area (Å²) in [5.41, 5.74) is 0.971. The van der Waals surface area contributed by atoms with Gasteiger partial charge in [0.1, 0.15) is 0 Å². The van der Waals surface area contributed by atoms with E-state index in [1.54, 1.807) is 0 Å². The Kier molecular flexibility index (Phi) is 5.44. The fourth-order valence-corrected chi connectivity index (χ4v) is 1.61. The van der Waals surface area contributed by atoms with Crippen molar-refractivity contribution in [2.45, 2.75) is 38.9 Å². The number of aliphatic hydroxyl groups is 1. The highest BCUT2D eigenvalue weighted by atomic mass is 35.5. The molecule has 3 heteroatoms. The topological polar surface area (TPSA) is 29.5 Å². The number of alkyl halides is 1. The summed E-state index contributed by atoms with van der Waals surface area (Å²) in [7, 11) is 0. The van der Waals surface area contributed by atoms with E-state index in [4.69, 9.17) is 16.3 Å². The quantitative estimate of drug-likeness (QED) is 0.820. The fourth-order valence-electron chi connectivity index (χ4n) is 1.53. The predicted molar refractivity (Wildman–Crippen MR) is 71.2 cm³/mol. The van der Waals surface area contributed by atoms with Gasteiger partial charge in [0.25, 0.3) is 0 Å². The summed E-state index contributed by atoms with van der Waals surface area (Å²) in [5, 5.41) is 9.57. The normalized spacial score (nSPS) is 15.6. The maximum absolute atomic E-state index is 9.87. The molecule has 1 aromatic rings. The predicted octanol–water partition coefficient (Wildman–Crippen LogP) is 3.22. The summed E-state index contributed by atoms with van der Waals surface area (Å²) in [4.78, 5) is 0. The van der Waals surface area contributed by atoms with Crippen LogP contribution in [-0.4, -0.2) is 23.2 Å². The Morgan fingerprint density at radius 3 is 2.35 bits per heavy atom. The third-order valence-electron chi connectivity index (χ3n) is 2.57. The fraction of sp³-hybridized carbons (Fsp3) is 0.571. The third-order valence-corrected chi connectivity index (χ3v) is 3.51. The lowest BCUT2D eigenvalue weighted by Gasteiger charge is -2.29. The van der Waals surface area contributed by atoms with Crippen molar-refractivity contribution in [3.05, 3.63) is 35.9 Å². The van der Waals surface area contributed by atoms with Crippen molar-refractivity contribution in [1.82, 2.24) is 0 Å². The van der Waals surface area contributed by atoms with Crippen LogP contribution in [0.3, 0.4) is 0 Å². The molecule has 0 saturated carbocycles. The lowest BCUT2D eigenvalue weighted by molar-refractivity contribution is 0.0121. The van der Waals surface area contributed by atoms with Crippen molar-refractivity contribution in [3.8, 4) is 0 Å². The van der Waals surface area contributed by atoms with Crippen molar-refractivity contribution >= 4 is 11.6 Å². The molecule has 0 aliphatic heterocycles. The van der Waals surface area contributed by atoms with Crippen LogP contribution in [-0.2, 0) is 11.3 Å². The molecular formula is C14H21ClO2. The first-order valence-electron chi connectivity index (χ1n) is 5.85. The standard InChI is InChI=1S/C14H21ClO2/c1-14(2,3)13(15)12(16)10-17-9-11-7-5-4-6-8-11/h4-8,12-13,16H,9-10H2,1-3H3/t12-,13-/m1/s1. The Hall–Kier alpha value is -0.570. The number of benzene rings is 1. The van der Waals surface area contributed by atoms with E-state index >= 15 is 0 Å². The second-order valence-corrected chi connectivity index (χ2v) is 5.81. The number of halogens is 1. The molecular weight excluding hydrogens is 236 g/mol. The molecule has 0 fully saturated rings. The van der Waals surface area contributed by atoms with E-state index in [0.29, 0.717) is 6.61 Å². The van der Waals surface area contributed by atoms with Crippen molar-refractivity contribution in [2.24, 2.45) is 5.41 Å². The van der Waals surface area contributed by atoms with E-state index in [1.807, 2.05) is 51.1 Å². The van der Waals surface area contributed by atoms with Gasteiger partial charge in [-0.25, -0.2) is 0 Å². The van der Waals surface area contributed by atoms with Crippen molar-refractivity contribution in [2.75, 3.05) is 6.61 Å². The first-order chi connectivity index (χ1) is 7.91. The molecule has 17 heavy (non-hydrogen) atoms. The Balaban J connectivity index is 2.32. The highest BCUT2D eigenvalue weighted by Gasteiger charge is 2.29. The minimum Gasteiger partial charge on any atom is -0.389 e. The third kappa shape index (κ3) is 5.07. The van der Waals surface area contributed by atoms with E-state index in [1.165, 1.54) is 0 Å². The molecule has 1 N–H and O–H groups in total. The lowest BCUT2D eigenvalue weighted by Crippen LogP contribution is -2.36. The average Bonchev–Trinajstić information content (AvgIpc) is 2.28. The maximum atomic E-state index is 9.87. The van der Waals surface area contributed by atoms with E-state index in [0.717, 1.165) is 5.56 Å². The van der Waals surface area contributed by atoms with Gasteiger partial charge in [0.05, 0.1) is 24.7 Å². The molecule has 1 rings (SSSR count). The van der Waals surface area contributed by atoms with Gasteiger partial charge in [-0.15, -0.1) is 11.6 Å². The molecule has 0 aliphatic rings. The van der Waals surface area contributed by atoms with E-state index in [2.05, 4.69) is 0 Å². The Morgan fingerprint density at radius 2 is 1.82 bits per heavy atom. The number of rotatable bonds is 5. The zero-order valence-corrected chi connectivity index (χ0v) is 11.4. The van der Waals surface area contributed by atoms with Crippen LogP contribution in [0.1, 0.15) is 26.3 Å².